The van der Waals surface area contributed by atoms with E-state index in [1.165, 1.54) is 7.05 Å². The van der Waals surface area contributed by atoms with E-state index in [-0.39, 0.29) is 23.9 Å². The molecular weight excluding hydrogens is 262 g/mol. The number of carbonyl (C=O) groups is 2. The van der Waals surface area contributed by atoms with Gasteiger partial charge in [0, 0.05) is 13.5 Å². The monoisotopic (exact) mass is 281 g/mol. The zero-order valence-electron chi connectivity index (χ0n) is 11.8. The average Bonchev–Trinajstić information content (AvgIpc) is 2.88. The van der Waals surface area contributed by atoms with E-state index < -0.39 is 6.04 Å². The predicted octanol–water partition coefficient (Wildman–Crippen LogP) is 0.299. The molecule has 0 saturated carbocycles. The van der Waals surface area contributed by atoms with Gasteiger partial charge in [0.05, 0.1) is 6.04 Å². The number of likely N-dealkylation sites (tertiary alicyclic amines) is 1. The van der Waals surface area contributed by atoms with Crippen molar-refractivity contribution in [2.24, 2.45) is 0 Å². The van der Waals surface area contributed by atoms with Crippen molar-refractivity contribution in [3.8, 4) is 0 Å². The molecule has 8 nitrogen and oxygen atoms in total. The summed E-state index contributed by atoms with van der Waals surface area (Å²) in [5.41, 5.74) is 0. The fraction of sp³-hybridized carbons (Fsp3) is 0.667. The number of aromatic nitrogens is 2. The van der Waals surface area contributed by atoms with Crippen LogP contribution in [0.3, 0.4) is 0 Å². The van der Waals surface area contributed by atoms with Crippen LogP contribution in [-0.4, -0.2) is 46.5 Å². The molecule has 0 aliphatic carbocycles. The number of hydrogen-bond acceptors (Lipinski definition) is 7. The Balaban J connectivity index is 2.00. The topological polar surface area (TPSA) is 100 Å². The number of carbonyl (C=O) groups excluding carboxylic acids is 2. The van der Waals surface area contributed by atoms with Gasteiger partial charge in [-0.05, 0) is 19.9 Å². The van der Waals surface area contributed by atoms with Crippen molar-refractivity contribution >= 4 is 17.8 Å². The quantitative estimate of drug-likeness (QED) is 0.748. The number of hydrogen-bond donors (Lipinski definition) is 2. The molecule has 0 bridgehead atoms. The average molecular weight is 281 g/mol. The Labute approximate surface area is 116 Å². The summed E-state index contributed by atoms with van der Waals surface area (Å²) < 4.78 is 5.46. The van der Waals surface area contributed by atoms with Crippen molar-refractivity contribution < 1.29 is 14.0 Å². The van der Waals surface area contributed by atoms with Gasteiger partial charge in [-0.2, -0.15) is 0 Å². The van der Waals surface area contributed by atoms with E-state index in [4.69, 9.17) is 4.42 Å². The molecule has 2 unspecified atom stereocenters. The molecule has 1 aromatic heterocycles. The molecule has 2 heterocycles. The maximum absolute atomic E-state index is 11.9. The molecule has 1 saturated heterocycles. The van der Waals surface area contributed by atoms with Crippen LogP contribution in [0.5, 0.6) is 0 Å². The highest BCUT2D eigenvalue weighted by molar-refractivity contribution is 6.01. The number of likely N-dealkylation sites (N-methyl/N-ethyl adjacent to an activating group) is 1. The van der Waals surface area contributed by atoms with Gasteiger partial charge in [0.15, 0.2) is 0 Å². The number of imide groups is 1. The van der Waals surface area contributed by atoms with Crippen LogP contribution in [0.15, 0.2) is 4.42 Å². The summed E-state index contributed by atoms with van der Waals surface area (Å²) in [7, 11) is 1.48. The van der Waals surface area contributed by atoms with Gasteiger partial charge >= 0.3 is 6.01 Å². The number of rotatable bonds is 5. The van der Waals surface area contributed by atoms with E-state index in [0.717, 1.165) is 11.4 Å². The Hall–Kier alpha value is -1.96. The van der Waals surface area contributed by atoms with Gasteiger partial charge in [-0.3, -0.25) is 14.5 Å². The zero-order chi connectivity index (χ0) is 14.7. The molecular formula is C12H19N5O3. The lowest BCUT2D eigenvalue weighted by atomic mass is 10.1. The SMILES string of the molecule is CCNC(C)c1nnc(NC2CCC(=O)N(C)C2=O)o1. The van der Waals surface area contributed by atoms with E-state index in [9.17, 15) is 9.59 Å². The predicted molar refractivity (Wildman–Crippen MR) is 70.8 cm³/mol. The smallest absolute Gasteiger partial charge is 0.316 e. The Bertz CT molecular complexity index is 501. The molecule has 1 aromatic rings. The zero-order valence-corrected chi connectivity index (χ0v) is 11.8. The van der Waals surface area contributed by atoms with Crippen LogP contribution in [0.1, 0.15) is 38.6 Å². The van der Waals surface area contributed by atoms with Crippen LogP contribution in [0.2, 0.25) is 0 Å². The van der Waals surface area contributed by atoms with Crippen molar-refractivity contribution in [2.75, 3.05) is 18.9 Å². The Kier molecular flexibility index (Phi) is 4.33. The summed E-state index contributed by atoms with van der Waals surface area (Å²) in [4.78, 5) is 24.4. The number of nitrogens with zero attached hydrogens (tertiary/aromatic N) is 3. The second-order valence-electron chi connectivity index (χ2n) is 4.75. The largest absolute Gasteiger partial charge is 0.406 e. The van der Waals surface area contributed by atoms with Crippen molar-refractivity contribution in [3.05, 3.63) is 5.89 Å². The first-order valence-corrected chi connectivity index (χ1v) is 6.66. The molecule has 1 aliphatic heterocycles. The summed E-state index contributed by atoms with van der Waals surface area (Å²) in [6.07, 6.45) is 0.761. The van der Waals surface area contributed by atoms with E-state index in [1.807, 2.05) is 13.8 Å². The Morgan fingerprint density at radius 1 is 1.45 bits per heavy atom. The fourth-order valence-corrected chi connectivity index (χ4v) is 2.06. The van der Waals surface area contributed by atoms with Crippen LogP contribution >= 0.6 is 0 Å². The third-order valence-electron chi connectivity index (χ3n) is 3.27. The molecule has 1 aliphatic rings. The van der Waals surface area contributed by atoms with Crippen LogP contribution in [0.25, 0.3) is 0 Å². The van der Waals surface area contributed by atoms with Gasteiger partial charge in [-0.25, -0.2) is 0 Å². The molecule has 20 heavy (non-hydrogen) atoms. The summed E-state index contributed by atoms with van der Waals surface area (Å²) in [5.74, 6) is 0.0165. The highest BCUT2D eigenvalue weighted by Gasteiger charge is 2.32. The third kappa shape index (κ3) is 2.96. The van der Waals surface area contributed by atoms with Gasteiger partial charge in [0.2, 0.25) is 11.8 Å². The minimum atomic E-state index is -0.500. The summed E-state index contributed by atoms with van der Waals surface area (Å²) in [6.45, 7) is 4.69. The molecule has 0 radical (unpaired) electrons. The van der Waals surface area contributed by atoms with Crippen molar-refractivity contribution in [1.82, 2.24) is 20.4 Å². The van der Waals surface area contributed by atoms with Gasteiger partial charge in [0.1, 0.15) is 6.04 Å². The molecule has 0 spiro atoms. The highest BCUT2D eigenvalue weighted by atomic mass is 16.4. The standard InChI is InChI=1S/C12H19N5O3/c1-4-13-7(2)10-15-16-12(20-10)14-8-5-6-9(18)17(3)11(8)19/h7-8,13H,4-6H2,1-3H3,(H,14,16). The van der Waals surface area contributed by atoms with Crippen LogP contribution in [0, 0.1) is 0 Å². The third-order valence-corrected chi connectivity index (χ3v) is 3.27. The van der Waals surface area contributed by atoms with Crippen LogP contribution in [-0.2, 0) is 9.59 Å². The number of nitrogens with one attached hydrogen (secondary N) is 2. The molecule has 8 heteroatoms. The van der Waals surface area contributed by atoms with E-state index in [1.54, 1.807) is 0 Å². The highest BCUT2D eigenvalue weighted by Crippen LogP contribution is 2.18. The second kappa shape index (κ2) is 6.00. The first kappa shape index (κ1) is 14.4. The molecule has 2 N–H and O–H groups in total. The molecule has 2 rings (SSSR count). The van der Waals surface area contributed by atoms with Crippen LogP contribution < -0.4 is 10.6 Å². The van der Waals surface area contributed by atoms with Crippen molar-refractivity contribution in [3.63, 3.8) is 0 Å². The molecule has 1 fully saturated rings. The van der Waals surface area contributed by atoms with E-state index >= 15 is 0 Å². The van der Waals surface area contributed by atoms with Gasteiger partial charge in [-0.15, -0.1) is 5.10 Å². The maximum Gasteiger partial charge on any atom is 0.316 e. The maximum atomic E-state index is 11.9. The number of piperidine rings is 1. The van der Waals surface area contributed by atoms with Gasteiger partial charge in [-0.1, -0.05) is 12.0 Å². The number of amides is 2. The Morgan fingerprint density at radius 3 is 2.90 bits per heavy atom. The lowest BCUT2D eigenvalue weighted by Gasteiger charge is -2.27. The van der Waals surface area contributed by atoms with Gasteiger partial charge in [0.25, 0.3) is 5.91 Å². The summed E-state index contributed by atoms with van der Waals surface area (Å²) in [5, 5.41) is 13.8. The lowest BCUT2D eigenvalue weighted by molar-refractivity contribution is -0.146. The van der Waals surface area contributed by atoms with Gasteiger partial charge < -0.3 is 15.1 Å². The summed E-state index contributed by atoms with van der Waals surface area (Å²) >= 11 is 0. The molecule has 0 aromatic carbocycles. The normalized spacial score (nSPS) is 21.1. The molecule has 110 valence electrons. The first-order valence-electron chi connectivity index (χ1n) is 6.66. The fourth-order valence-electron chi connectivity index (χ4n) is 2.06. The van der Waals surface area contributed by atoms with Crippen molar-refractivity contribution in [1.29, 1.82) is 0 Å². The van der Waals surface area contributed by atoms with E-state index in [0.29, 0.717) is 18.7 Å². The molecule has 2 atom stereocenters. The number of anilines is 1. The van der Waals surface area contributed by atoms with Crippen molar-refractivity contribution in [2.45, 2.75) is 38.8 Å². The summed E-state index contributed by atoms with van der Waals surface area (Å²) in [6, 6.07) is -0.347. The van der Waals surface area contributed by atoms with E-state index in [2.05, 4.69) is 20.8 Å². The Morgan fingerprint density at radius 2 is 2.20 bits per heavy atom. The molecule has 2 amide bonds. The first-order chi connectivity index (χ1) is 9.52. The second-order valence-corrected chi connectivity index (χ2v) is 4.75. The van der Waals surface area contributed by atoms with Crippen LogP contribution in [0.4, 0.5) is 6.01 Å². The lowest BCUT2D eigenvalue weighted by Crippen LogP contribution is -2.48. The minimum absolute atomic E-state index is 0.0469. The minimum Gasteiger partial charge on any atom is -0.406 e.